The van der Waals surface area contributed by atoms with Gasteiger partial charge in [-0.2, -0.15) is 0 Å². The van der Waals surface area contributed by atoms with Crippen LogP contribution in [0, 0.1) is 5.41 Å². The van der Waals surface area contributed by atoms with Crippen LogP contribution in [-0.4, -0.2) is 26.5 Å². The van der Waals surface area contributed by atoms with Crippen molar-refractivity contribution >= 4 is 9.84 Å². The van der Waals surface area contributed by atoms with Crippen LogP contribution in [0.2, 0.25) is 0 Å². The standard InChI is InChI=1S/C8H19NO2S/c1-8(2,3)5-7(9)6-12(4,10)11/h7H,5-6,9H2,1-4H3. The third-order valence-electron chi connectivity index (χ3n) is 1.39. The van der Waals surface area contributed by atoms with Gasteiger partial charge in [0, 0.05) is 12.3 Å². The molecule has 1 atom stereocenters. The van der Waals surface area contributed by atoms with Crippen molar-refractivity contribution in [3.05, 3.63) is 0 Å². The third-order valence-corrected chi connectivity index (χ3v) is 2.43. The molecular formula is C8H19NO2S. The van der Waals surface area contributed by atoms with Gasteiger partial charge in [0.1, 0.15) is 9.84 Å². The topological polar surface area (TPSA) is 60.2 Å². The Labute approximate surface area is 75.3 Å². The molecule has 0 aliphatic heterocycles. The SMILES string of the molecule is CC(C)(C)CC(N)CS(C)(=O)=O. The highest BCUT2D eigenvalue weighted by molar-refractivity contribution is 7.90. The van der Waals surface area contributed by atoms with Crippen LogP contribution < -0.4 is 5.73 Å². The number of hydrogen-bond acceptors (Lipinski definition) is 3. The summed E-state index contributed by atoms with van der Waals surface area (Å²) < 4.78 is 21.7. The second-order valence-corrected chi connectivity index (χ2v) is 6.80. The van der Waals surface area contributed by atoms with E-state index in [0.29, 0.717) is 0 Å². The summed E-state index contributed by atoms with van der Waals surface area (Å²) in [6.45, 7) is 6.15. The zero-order chi connectivity index (χ0) is 9.99. The lowest BCUT2D eigenvalue weighted by atomic mass is 9.89. The molecule has 0 rings (SSSR count). The maximum Gasteiger partial charge on any atom is 0.148 e. The van der Waals surface area contributed by atoms with Gasteiger partial charge in [-0.3, -0.25) is 0 Å². The van der Waals surface area contributed by atoms with Crippen LogP contribution >= 0.6 is 0 Å². The number of sulfone groups is 1. The molecule has 0 amide bonds. The van der Waals surface area contributed by atoms with Gasteiger partial charge in [0.05, 0.1) is 5.75 Å². The molecule has 2 N–H and O–H groups in total. The largest absolute Gasteiger partial charge is 0.327 e. The summed E-state index contributed by atoms with van der Waals surface area (Å²) in [5, 5.41) is 0. The van der Waals surface area contributed by atoms with Crippen LogP contribution in [0.25, 0.3) is 0 Å². The van der Waals surface area contributed by atoms with E-state index in [-0.39, 0.29) is 17.2 Å². The van der Waals surface area contributed by atoms with Crippen LogP contribution in [0.5, 0.6) is 0 Å². The summed E-state index contributed by atoms with van der Waals surface area (Å²) in [6, 6.07) is -0.236. The second kappa shape index (κ2) is 3.75. The van der Waals surface area contributed by atoms with E-state index in [1.165, 1.54) is 6.26 Å². The van der Waals surface area contributed by atoms with Crippen molar-refractivity contribution in [2.45, 2.75) is 33.2 Å². The van der Waals surface area contributed by atoms with Gasteiger partial charge in [0.2, 0.25) is 0 Å². The Bertz CT molecular complexity index is 226. The first-order chi connectivity index (χ1) is 5.10. The van der Waals surface area contributed by atoms with Gasteiger partial charge in [-0.25, -0.2) is 8.42 Å². The van der Waals surface area contributed by atoms with Gasteiger partial charge >= 0.3 is 0 Å². The molecule has 0 saturated heterocycles. The Kier molecular flexibility index (Phi) is 3.72. The van der Waals surface area contributed by atoms with E-state index in [4.69, 9.17) is 5.73 Å². The molecule has 0 aliphatic carbocycles. The molecule has 4 heteroatoms. The molecule has 3 nitrogen and oxygen atoms in total. The molecule has 0 radical (unpaired) electrons. The second-order valence-electron chi connectivity index (χ2n) is 4.62. The highest BCUT2D eigenvalue weighted by Crippen LogP contribution is 2.20. The first-order valence-corrected chi connectivity index (χ1v) is 6.09. The van der Waals surface area contributed by atoms with Crippen molar-refractivity contribution in [2.24, 2.45) is 11.1 Å². The lowest BCUT2D eigenvalue weighted by Gasteiger charge is -2.22. The van der Waals surface area contributed by atoms with Crippen molar-refractivity contribution in [3.8, 4) is 0 Å². The van der Waals surface area contributed by atoms with E-state index in [1.807, 2.05) is 0 Å². The quantitative estimate of drug-likeness (QED) is 0.721. The molecule has 0 fully saturated rings. The van der Waals surface area contributed by atoms with Gasteiger partial charge < -0.3 is 5.73 Å². The minimum Gasteiger partial charge on any atom is -0.327 e. The van der Waals surface area contributed by atoms with Gasteiger partial charge in [-0.05, 0) is 11.8 Å². The molecular weight excluding hydrogens is 174 g/mol. The lowest BCUT2D eigenvalue weighted by Crippen LogP contribution is -2.33. The minimum absolute atomic E-state index is 0.0876. The molecule has 0 aromatic rings. The van der Waals surface area contributed by atoms with Crippen LogP contribution in [-0.2, 0) is 9.84 Å². The van der Waals surface area contributed by atoms with E-state index < -0.39 is 9.84 Å². The summed E-state index contributed by atoms with van der Waals surface area (Å²) in [5.41, 5.74) is 5.77. The van der Waals surface area contributed by atoms with Crippen LogP contribution in [0.15, 0.2) is 0 Å². The predicted molar refractivity (Wildman–Crippen MR) is 51.8 cm³/mol. The summed E-state index contributed by atoms with van der Waals surface area (Å²) in [7, 11) is -2.92. The fourth-order valence-electron chi connectivity index (χ4n) is 1.23. The maximum atomic E-state index is 10.8. The third kappa shape index (κ3) is 8.01. The average Bonchev–Trinajstić information content (AvgIpc) is 1.49. The zero-order valence-corrected chi connectivity index (χ0v) is 9.11. The van der Waals surface area contributed by atoms with Gasteiger partial charge in [0.15, 0.2) is 0 Å². The molecule has 0 heterocycles. The molecule has 0 spiro atoms. The Balaban J connectivity index is 4.00. The average molecular weight is 193 g/mol. The maximum absolute atomic E-state index is 10.8. The molecule has 1 unspecified atom stereocenters. The smallest absolute Gasteiger partial charge is 0.148 e. The molecule has 0 aliphatic rings. The van der Waals surface area contributed by atoms with Crippen molar-refractivity contribution in [2.75, 3.05) is 12.0 Å². The highest BCUT2D eigenvalue weighted by atomic mass is 32.2. The van der Waals surface area contributed by atoms with Crippen LogP contribution in [0.3, 0.4) is 0 Å². The fourth-order valence-corrected chi connectivity index (χ4v) is 2.13. The van der Waals surface area contributed by atoms with Crippen molar-refractivity contribution in [3.63, 3.8) is 0 Å². The van der Waals surface area contributed by atoms with Crippen molar-refractivity contribution < 1.29 is 8.42 Å². The van der Waals surface area contributed by atoms with E-state index in [1.54, 1.807) is 0 Å². The Morgan fingerprint density at radius 3 is 2.00 bits per heavy atom. The minimum atomic E-state index is -2.92. The molecule has 0 aromatic heterocycles. The first-order valence-electron chi connectivity index (χ1n) is 4.03. The fraction of sp³-hybridized carbons (Fsp3) is 1.00. The van der Waals surface area contributed by atoms with Gasteiger partial charge in [0.25, 0.3) is 0 Å². The van der Waals surface area contributed by atoms with Crippen molar-refractivity contribution in [1.29, 1.82) is 0 Å². The van der Waals surface area contributed by atoms with Crippen molar-refractivity contribution in [1.82, 2.24) is 0 Å². The lowest BCUT2D eigenvalue weighted by molar-refractivity contribution is 0.349. The molecule has 0 aromatic carbocycles. The zero-order valence-electron chi connectivity index (χ0n) is 8.29. The van der Waals surface area contributed by atoms with Crippen LogP contribution in [0.4, 0.5) is 0 Å². The molecule has 12 heavy (non-hydrogen) atoms. The first kappa shape index (κ1) is 11.9. The summed E-state index contributed by atoms with van der Waals surface area (Å²) in [4.78, 5) is 0. The summed E-state index contributed by atoms with van der Waals surface area (Å²) in [5.74, 6) is 0.0876. The van der Waals surface area contributed by atoms with E-state index in [0.717, 1.165) is 6.42 Å². The van der Waals surface area contributed by atoms with E-state index in [2.05, 4.69) is 20.8 Å². The summed E-state index contributed by atoms with van der Waals surface area (Å²) >= 11 is 0. The Morgan fingerprint density at radius 1 is 1.33 bits per heavy atom. The van der Waals surface area contributed by atoms with E-state index >= 15 is 0 Å². The summed E-state index contributed by atoms with van der Waals surface area (Å²) in [6.07, 6.45) is 1.95. The Morgan fingerprint density at radius 2 is 1.75 bits per heavy atom. The van der Waals surface area contributed by atoms with Gasteiger partial charge in [-0.15, -0.1) is 0 Å². The number of rotatable bonds is 3. The highest BCUT2D eigenvalue weighted by Gasteiger charge is 2.18. The predicted octanol–water partition coefficient (Wildman–Crippen LogP) is 0.795. The Hall–Kier alpha value is -0.0900. The van der Waals surface area contributed by atoms with E-state index in [9.17, 15) is 8.42 Å². The molecule has 74 valence electrons. The van der Waals surface area contributed by atoms with Gasteiger partial charge in [-0.1, -0.05) is 20.8 Å². The monoisotopic (exact) mass is 193 g/mol. The number of nitrogens with two attached hydrogens (primary N) is 1. The van der Waals surface area contributed by atoms with Crippen LogP contribution in [0.1, 0.15) is 27.2 Å². The number of hydrogen-bond donors (Lipinski definition) is 1. The molecule has 0 saturated carbocycles. The molecule has 0 bridgehead atoms. The normalized spacial score (nSPS) is 16.1.